The van der Waals surface area contributed by atoms with Gasteiger partial charge in [0.1, 0.15) is 12.4 Å². The fourth-order valence-corrected chi connectivity index (χ4v) is 0.558. The van der Waals surface area contributed by atoms with E-state index in [0.29, 0.717) is 5.76 Å². The molecule has 3 nitrogen and oxygen atoms in total. The molecule has 1 unspecified atom stereocenters. The van der Waals surface area contributed by atoms with Crippen LogP contribution in [0, 0.1) is 0 Å². The van der Waals surface area contributed by atoms with Crippen molar-refractivity contribution in [2.45, 2.75) is 6.10 Å². The topological polar surface area (TPSA) is 38.8 Å². The molecule has 0 N–H and O–H groups in total. The van der Waals surface area contributed by atoms with E-state index >= 15 is 0 Å². The Kier molecular flexibility index (Phi) is 2.14. The lowest BCUT2D eigenvalue weighted by molar-refractivity contribution is -0.138. The van der Waals surface area contributed by atoms with E-state index in [0.717, 1.165) is 6.08 Å². The van der Waals surface area contributed by atoms with Crippen LogP contribution in [0.4, 0.5) is 0 Å². The van der Waals surface area contributed by atoms with Crippen molar-refractivity contribution in [3.63, 3.8) is 0 Å². The van der Waals surface area contributed by atoms with Gasteiger partial charge >= 0.3 is 5.97 Å². The second-order valence-corrected chi connectivity index (χ2v) is 2.05. The molecular formula is C8H8O3. The van der Waals surface area contributed by atoms with Crippen LogP contribution in [-0.2, 0) is 14.3 Å². The van der Waals surface area contributed by atoms with Crippen LogP contribution in [0.5, 0.6) is 0 Å². The number of hydrogen-bond donors (Lipinski definition) is 0. The summed E-state index contributed by atoms with van der Waals surface area (Å²) in [4.78, 5) is 10.6. The highest BCUT2D eigenvalue weighted by atomic mass is 16.6. The van der Waals surface area contributed by atoms with Crippen LogP contribution in [0.1, 0.15) is 0 Å². The van der Waals surface area contributed by atoms with Crippen LogP contribution >= 0.6 is 0 Å². The minimum Gasteiger partial charge on any atom is -0.480 e. The molecule has 1 aliphatic heterocycles. The second kappa shape index (κ2) is 3.08. The molecule has 1 aliphatic rings. The zero-order valence-corrected chi connectivity index (χ0v) is 6.00. The van der Waals surface area contributed by atoms with Gasteiger partial charge in [-0.25, -0.2) is 4.79 Å². The number of esters is 1. The predicted molar refractivity (Wildman–Crippen MR) is 38.7 cm³/mol. The van der Waals surface area contributed by atoms with E-state index in [1.165, 1.54) is 0 Å². The lowest BCUT2D eigenvalue weighted by Crippen LogP contribution is -2.06. The first-order chi connectivity index (χ1) is 5.24. The summed E-state index contributed by atoms with van der Waals surface area (Å²) < 4.78 is 9.52. The second-order valence-electron chi connectivity index (χ2n) is 2.05. The molecule has 11 heavy (non-hydrogen) atoms. The Morgan fingerprint density at radius 1 is 1.91 bits per heavy atom. The summed E-state index contributed by atoms with van der Waals surface area (Å²) >= 11 is 0. The van der Waals surface area contributed by atoms with Gasteiger partial charge in [0.2, 0.25) is 0 Å². The first-order valence-corrected chi connectivity index (χ1v) is 3.12. The molecule has 0 bridgehead atoms. The molecule has 0 aromatic heterocycles. The number of ether oxygens (including phenoxy) is 2. The van der Waals surface area contributed by atoms with Crippen molar-refractivity contribution in [3.8, 4) is 0 Å². The Hall–Kier alpha value is -1.47. The molecule has 1 saturated heterocycles. The van der Waals surface area contributed by atoms with Crippen LogP contribution in [0.2, 0.25) is 0 Å². The number of carbonyl (C=O) groups is 1. The molecule has 1 heterocycles. The third-order valence-corrected chi connectivity index (χ3v) is 1.19. The fourth-order valence-electron chi connectivity index (χ4n) is 0.558. The molecule has 58 valence electrons. The molecule has 0 saturated carbocycles. The molecule has 0 radical (unpaired) electrons. The average molecular weight is 152 g/mol. The minimum absolute atomic E-state index is 0.0998. The highest BCUT2D eigenvalue weighted by Crippen LogP contribution is 2.24. The Bertz CT molecular complexity index is 236. The third kappa shape index (κ3) is 2.32. The summed E-state index contributed by atoms with van der Waals surface area (Å²) in [6, 6.07) is 0. The number of epoxide rings is 1. The van der Waals surface area contributed by atoms with Gasteiger partial charge in [0.15, 0.2) is 6.10 Å². The Morgan fingerprint density at radius 2 is 2.55 bits per heavy atom. The van der Waals surface area contributed by atoms with E-state index in [-0.39, 0.29) is 12.7 Å². The van der Waals surface area contributed by atoms with E-state index in [1.807, 2.05) is 0 Å². The summed E-state index contributed by atoms with van der Waals surface area (Å²) in [5, 5.41) is 0. The van der Waals surface area contributed by atoms with Crippen molar-refractivity contribution in [2.24, 2.45) is 0 Å². The van der Waals surface area contributed by atoms with Crippen LogP contribution < -0.4 is 0 Å². The maximum Gasteiger partial charge on any atom is 0.338 e. The van der Waals surface area contributed by atoms with Crippen LogP contribution in [0.25, 0.3) is 0 Å². The summed E-state index contributed by atoms with van der Waals surface area (Å²) in [6.07, 6.45) is 1.03. The van der Waals surface area contributed by atoms with Crippen molar-refractivity contribution < 1.29 is 14.3 Å². The number of hydrogen-bond acceptors (Lipinski definition) is 3. The van der Waals surface area contributed by atoms with Crippen molar-refractivity contribution in [1.82, 2.24) is 0 Å². The maximum absolute atomic E-state index is 10.6. The van der Waals surface area contributed by atoms with Crippen molar-refractivity contribution >= 4 is 5.97 Å². The molecule has 1 atom stereocenters. The van der Waals surface area contributed by atoms with Crippen LogP contribution in [0.15, 0.2) is 30.7 Å². The Morgan fingerprint density at radius 3 is 3.00 bits per heavy atom. The van der Waals surface area contributed by atoms with E-state index in [1.54, 1.807) is 0 Å². The zero-order valence-electron chi connectivity index (χ0n) is 6.00. The summed E-state index contributed by atoms with van der Waals surface area (Å²) in [5.41, 5.74) is 2.31. The number of carbonyl (C=O) groups excluding carboxylic acids is 1. The lowest BCUT2D eigenvalue weighted by atomic mass is 10.4. The fraction of sp³-hybridized carbons (Fsp3) is 0.250. The van der Waals surface area contributed by atoms with Gasteiger partial charge in [0.05, 0.1) is 6.08 Å². The summed E-state index contributed by atoms with van der Waals surface area (Å²) in [7, 11) is 0. The molecular weight excluding hydrogens is 144 g/mol. The van der Waals surface area contributed by atoms with E-state index in [4.69, 9.17) is 9.47 Å². The first-order valence-electron chi connectivity index (χ1n) is 3.12. The van der Waals surface area contributed by atoms with Gasteiger partial charge in [-0.1, -0.05) is 13.2 Å². The highest BCUT2D eigenvalue weighted by molar-refractivity contribution is 5.81. The lowest BCUT2D eigenvalue weighted by Gasteiger charge is -1.93. The van der Waals surface area contributed by atoms with Gasteiger partial charge in [-0.2, -0.15) is 0 Å². The third-order valence-electron chi connectivity index (χ3n) is 1.19. The smallest absolute Gasteiger partial charge is 0.338 e. The van der Waals surface area contributed by atoms with E-state index < -0.39 is 5.97 Å². The van der Waals surface area contributed by atoms with Crippen molar-refractivity contribution in [1.29, 1.82) is 0 Å². The largest absolute Gasteiger partial charge is 0.480 e. The van der Waals surface area contributed by atoms with Crippen LogP contribution in [0.3, 0.4) is 0 Å². The molecule has 1 rings (SSSR count). The van der Waals surface area contributed by atoms with Gasteiger partial charge in [-0.05, 0) is 0 Å². The van der Waals surface area contributed by atoms with Gasteiger partial charge in [-0.15, -0.1) is 5.73 Å². The molecule has 0 aromatic carbocycles. The molecule has 3 heteroatoms. The maximum atomic E-state index is 10.6. The monoisotopic (exact) mass is 152 g/mol. The minimum atomic E-state index is -0.455. The predicted octanol–water partition coefficient (Wildman–Crippen LogP) is 0.783. The molecule has 0 spiro atoms. The molecule has 0 aliphatic carbocycles. The van der Waals surface area contributed by atoms with Gasteiger partial charge in [-0.3, -0.25) is 0 Å². The average Bonchev–Trinajstić information content (AvgIpc) is 2.63. The van der Waals surface area contributed by atoms with Gasteiger partial charge in [0, 0.05) is 0 Å². The number of rotatable bonds is 3. The van der Waals surface area contributed by atoms with Gasteiger partial charge < -0.3 is 9.47 Å². The molecule has 1 fully saturated rings. The highest BCUT2D eigenvalue weighted by Gasteiger charge is 2.31. The first kappa shape index (κ1) is 7.63. The molecule has 0 amide bonds. The van der Waals surface area contributed by atoms with Gasteiger partial charge in [0.25, 0.3) is 0 Å². The van der Waals surface area contributed by atoms with Crippen LogP contribution in [-0.4, -0.2) is 18.7 Å². The van der Waals surface area contributed by atoms with Crippen molar-refractivity contribution in [3.05, 3.63) is 30.7 Å². The SMILES string of the molecule is C=C=CC(=O)OCC1OC1=C. The van der Waals surface area contributed by atoms with E-state index in [9.17, 15) is 4.79 Å². The van der Waals surface area contributed by atoms with Crippen molar-refractivity contribution in [2.75, 3.05) is 6.61 Å². The standard InChI is InChI=1S/C8H8O3/c1-3-4-8(9)10-5-7-6(2)11-7/h4,7H,1-2,5H2. The summed E-state index contributed by atoms with van der Waals surface area (Å²) in [6.45, 7) is 6.98. The Labute approximate surface area is 64.6 Å². The molecule has 0 aromatic rings. The normalized spacial score (nSPS) is 19.6. The van der Waals surface area contributed by atoms with E-state index in [2.05, 4.69) is 18.9 Å². The quantitative estimate of drug-likeness (QED) is 0.259. The zero-order chi connectivity index (χ0) is 8.27. The Balaban J connectivity index is 2.17. The summed E-state index contributed by atoms with van der Waals surface area (Å²) in [5.74, 6) is 0.212.